The highest BCUT2D eigenvalue weighted by Gasteiger charge is 2.50. The van der Waals surface area contributed by atoms with E-state index in [2.05, 4.69) is 19.1 Å². The van der Waals surface area contributed by atoms with Gasteiger partial charge in [0.05, 0.1) is 32.5 Å². The average Bonchev–Trinajstić information content (AvgIpc) is 1.95. The van der Waals surface area contributed by atoms with Gasteiger partial charge in [0.15, 0.2) is 11.4 Å². The van der Waals surface area contributed by atoms with Crippen molar-refractivity contribution in [3.05, 3.63) is 207 Å². The average molecular weight is 1100 g/mol. The molecule has 0 bridgehead atoms. The van der Waals surface area contributed by atoms with Gasteiger partial charge < -0.3 is 18.9 Å². The molecule has 1 heterocycles. The first kappa shape index (κ1) is 55.1. The van der Waals surface area contributed by atoms with Crippen molar-refractivity contribution in [1.82, 2.24) is 0 Å². The number of ether oxygens (including phenoxy) is 4. The van der Waals surface area contributed by atoms with Crippen LogP contribution in [-0.2, 0) is 23.4 Å². The Bertz CT molecular complexity index is 3670. The normalized spacial score (nSPS) is 17.0. The third-order valence-corrected chi connectivity index (χ3v) is 17.4. The first-order valence-electron chi connectivity index (χ1n) is 27.9. The van der Waals surface area contributed by atoms with Crippen LogP contribution in [0.3, 0.4) is 0 Å². The maximum Gasteiger partial charge on any atom is 0.416 e. The first-order valence-corrected chi connectivity index (χ1v) is 27.9. The van der Waals surface area contributed by atoms with Crippen molar-refractivity contribution in [2.45, 2.75) is 108 Å². The van der Waals surface area contributed by atoms with Gasteiger partial charge in [-0.1, -0.05) is 144 Å². The molecule has 0 aromatic heterocycles. The molecule has 0 amide bonds. The molecule has 0 saturated heterocycles. The van der Waals surface area contributed by atoms with Gasteiger partial charge in [0.25, 0.3) is 0 Å². The summed E-state index contributed by atoms with van der Waals surface area (Å²) in [6.45, 7) is 7.45. The second-order valence-corrected chi connectivity index (χ2v) is 22.6. The fourth-order valence-corrected chi connectivity index (χ4v) is 13.2. The van der Waals surface area contributed by atoms with Crippen LogP contribution < -0.4 is 18.9 Å². The lowest BCUT2D eigenvalue weighted by atomic mass is 9.75. The van der Waals surface area contributed by atoms with Gasteiger partial charge in [-0.3, -0.25) is 4.79 Å². The minimum Gasteiger partial charge on any atom is -0.497 e. The van der Waals surface area contributed by atoms with Crippen LogP contribution in [-0.4, -0.2) is 27.1 Å². The summed E-state index contributed by atoms with van der Waals surface area (Å²) in [7, 11) is 4.65. The van der Waals surface area contributed by atoms with E-state index in [4.69, 9.17) is 18.9 Å². The largest absolute Gasteiger partial charge is 0.497 e. The standard InChI is InChI=1S/C70H64F6O5/c1-8-9-10-11-42-12-14-43(15-13-42)44-16-20-46(21-17-44)65(77)47-22-18-45(19-23-47)48-24-33-54(41(2)36-48)56-39-57-58(40-61(56)80-7)66-55(64-62(57)59-37-51(69(71,72)73)38-60(70(74,75)76)63(59)67(64,3)4)34-35-68(81-66,49-25-29-52(78-5)30-26-49)50-27-31-53(79-6)32-28-50/h16-40,42-43H,8-15H2,1-7H3. The molecule has 0 atom stereocenters. The van der Waals surface area contributed by atoms with Crippen LogP contribution in [0.5, 0.6) is 23.0 Å². The van der Waals surface area contributed by atoms with Gasteiger partial charge in [0.2, 0.25) is 0 Å². The van der Waals surface area contributed by atoms with Crippen LogP contribution in [0.4, 0.5) is 26.3 Å². The number of rotatable bonds is 14. The number of carbonyl (C=O) groups is 1. The molecule has 1 saturated carbocycles. The topological polar surface area (TPSA) is 54.0 Å². The van der Waals surface area contributed by atoms with Crippen LogP contribution in [0.2, 0.25) is 0 Å². The van der Waals surface area contributed by atoms with E-state index in [0.717, 1.165) is 34.2 Å². The van der Waals surface area contributed by atoms with Crippen molar-refractivity contribution in [3.63, 3.8) is 0 Å². The maximum absolute atomic E-state index is 15.4. The summed E-state index contributed by atoms with van der Waals surface area (Å²) in [6.07, 6.45) is 3.56. The lowest BCUT2D eigenvalue weighted by Crippen LogP contribution is -2.35. The Morgan fingerprint density at radius 1 is 0.617 bits per heavy atom. The molecule has 11 heteroatoms. The molecule has 3 aliphatic rings. The van der Waals surface area contributed by atoms with E-state index in [1.807, 2.05) is 128 Å². The minimum atomic E-state index is -5.13. The molecule has 1 fully saturated rings. The third kappa shape index (κ3) is 9.94. The second-order valence-electron chi connectivity index (χ2n) is 22.6. The summed E-state index contributed by atoms with van der Waals surface area (Å²) in [4.78, 5) is 13.8. The number of fused-ring (bicyclic) bond motifs is 8. The van der Waals surface area contributed by atoms with E-state index in [1.54, 1.807) is 34.1 Å². The van der Waals surface area contributed by atoms with E-state index < -0.39 is 34.5 Å². The molecule has 8 aromatic carbocycles. The number of hydrogen-bond acceptors (Lipinski definition) is 5. The molecule has 5 nitrogen and oxygen atoms in total. The van der Waals surface area contributed by atoms with Crippen molar-refractivity contribution < 1.29 is 50.1 Å². The zero-order valence-corrected chi connectivity index (χ0v) is 46.6. The molecular formula is C70H64F6O5. The predicted molar refractivity (Wildman–Crippen MR) is 309 cm³/mol. The van der Waals surface area contributed by atoms with Gasteiger partial charge in [-0.2, -0.15) is 26.3 Å². The quantitative estimate of drug-likeness (QED) is 0.0617. The van der Waals surface area contributed by atoms with E-state index in [9.17, 15) is 18.0 Å². The third-order valence-electron chi connectivity index (χ3n) is 17.4. The van der Waals surface area contributed by atoms with E-state index >= 15 is 13.2 Å². The molecular weight excluding hydrogens is 1030 g/mol. The molecule has 2 aliphatic carbocycles. The molecule has 11 rings (SSSR count). The Morgan fingerprint density at radius 2 is 1.22 bits per heavy atom. The Kier molecular flexibility index (Phi) is 14.5. The molecule has 1 aliphatic heterocycles. The monoisotopic (exact) mass is 1100 g/mol. The number of methoxy groups -OCH3 is 3. The van der Waals surface area contributed by atoms with Gasteiger partial charge in [-0.15, -0.1) is 0 Å². The number of unbranched alkanes of at least 4 members (excludes halogenated alkanes) is 2. The van der Waals surface area contributed by atoms with Gasteiger partial charge in [-0.05, 0) is 155 Å². The van der Waals surface area contributed by atoms with Gasteiger partial charge >= 0.3 is 12.4 Å². The van der Waals surface area contributed by atoms with E-state index in [0.29, 0.717) is 78.6 Å². The summed E-state index contributed by atoms with van der Waals surface area (Å²) in [5, 5.41) is 0.802. The zero-order valence-electron chi connectivity index (χ0n) is 46.6. The first-order chi connectivity index (χ1) is 38.8. The summed E-state index contributed by atoms with van der Waals surface area (Å²) in [5.41, 5.74) is 2.85. The molecule has 0 radical (unpaired) electrons. The molecule has 0 spiro atoms. The Hall–Kier alpha value is -7.79. The SMILES string of the molecule is CCCCCC1CCC(c2ccc(C(=O)c3ccc(-c4ccc(-c5cc6c7c(c8c(c6cc5OC)OC(c5ccc(OC)cc5)(c5ccc(OC)cc5)C=C8)C(C)(C)c5c-7cc(C(F)(F)F)cc5C(F)(F)F)c(C)c4)cc3)cc2)CC1. The summed E-state index contributed by atoms with van der Waals surface area (Å²) in [6, 6.07) is 41.0. The van der Waals surface area contributed by atoms with Crippen LogP contribution in [0.25, 0.3) is 50.2 Å². The number of ketones is 1. The zero-order chi connectivity index (χ0) is 57.2. The van der Waals surface area contributed by atoms with Gasteiger partial charge in [0, 0.05) is 44.2 Å². The lowest BCUT2D eigenvalue weighted by Gasteiger charge is -2.38. The maximum atomic E-state index is 15.4. The molecule has 81 heavy (non-hydrogen) atoms. The lowest BCUT2D eigenvalue weighted by molar-refractivity contribution is -0.143. The second kappa shape index (κ2) is 21.3. The van der Waals surface area contributed by atoms with Crippen molar-refractivity contribution in [2.24, 2.45) is 5.92 Å². The number of carbonyl (C=O) groups excluding carboxylic acids is 1. The number of aryl methyl sites for hydroxylation is 1. The number of benzene rings is 8. The summed E-state index contributed by atoms with van der Waals surface area (Å²) >= 11 is 0. The van der Waals surface area contributed by atoms with Crippen molar-refractivity contribution >= 4 is 22.6 Å². The van der Waals surface area contributed by atoms with Gasteiger partial charge in [0.1, 0.15) is 23.0 Å². The fraction of sp³-hybridized carbons (Fsp3) is 0.300. The molecule has 0 N–H and O–H groups in total. The number of hydrogen-bond donors (Lipinski definition) is 0. The van der Waals surface area contributed by atoms with E-state index in [-0.39, 0.29) is 28.5 Å². The Morgan fingerprint density at radius 3 is 1.78 bits per heavy atom. The highest BCUT2D eigenvalue weighted by Crippen LogP contribution is 2.62. The van der Waals surface area contributed by atoms with Crippen molar-refractivity contribution in [3.8, 4) is 56.4 Å². The van der Waals surface area contributed by atoms with Crippen LogP contribution in [0.15, 0.2) is 146 Å². The molecule has 416 valence electrons. The Balaban J connectivity index is 1.00. The predicted octanol–water partition coefficient (Wildman–Crippen LogP) is 19.3. The number of halogens is 6. The fourth-order valence-electron chi connectivity index (χ4n) is 13.2. The Labute approximate surface area is 469 Å². The number of alkyl halides is 6. The van der Waals surface area contributed by atoms with Crippen LogP contribution in [0.1, 0.15) is 144 Å². The van der Waals surface area contributed by atoms with Crippen molar-refractivity contribution in [1.29, 1.82) is 0 Å². The van der Waals surface area contributed by atoms with E-state index in [1.165, 1.54) is 64.0 Å². The highest BCUT2D eigenvalue weighted by atomic mass is 19.4. The summed E-state index contributed by atoms with van der Waals surface area (Å²) < 4.78 is 115. The highest BCUT2D eigenvalue weighted by molar-refractivity contribution is 6.11. The van der Waals surface area contributed by atoms with Gasteiger partial charge in [-0.25, -0.2) is 0 Å². The molecule has 0 unspecified atom stereocenters. The summed E-state index contributed by atoms with van der Waals surface area (Å²) in [5.74, 6) is 3.22. The van der Waals surface area contributed by atoms with Crippen molar-refractivity contribution in [2.75, 3.05) is 21.3 Å². The van der Waals surface area contributed by atoms with Crippen LogP contribution in [0, 0.1) is 12.8 Å². The molecule has 8 aromatic rings. The minimum absolute atomic E-state index is 0.0562. The smallest absolute Gasteiger partial charge is 0.416 e. The van der Waals surface area contributed by atoms with Crippen LogP contribution >= 0.6 is 0 Å².